The van der Waals surface area contributed by atoms with Gasteiger partial charge in [-0.2, -0.15) is 5.26 Å². The molecule has 0 radical (unpaired) electrons. The fraction of sp³-hybridized carbons (Fsp3) is 0.133. The van der Waals surface area contributed by atoms with E-state index in [2.05, 4.69) is 16.4 Å². The summed E-state index contributed by atoms with van der Waals surface area (Å²) in [5.41, 5.74) is 4.43. The van der Waals surface area contributed by atoms with Gasteiger partial charge in [0.2, 0.25) is 5.91 Å². The molecule has 1 amide bonds. The third-order valence-electron chi connectivity index (χ3n) is 6.05. The number of carbonyl (C=O) groups excluding carboxylic acids is 1. The molecule has 3 aromatic carbocycles. The van der Waals surface area contributed by atoms with Crippen molar-refractivity contribution in [1.82, 2.24) is 9.97 Å². The standard InChI is InChI=1S/C30H24N4O3S2/c1-18(28(35)34-30-33-25-14-13-22(37-3)15-27(25)39-30)38-29-24(17-31)23(19-9-11-21(36-2)12-10-19)16-26(32-29)20-7-5-4-6-8-20/h4-16,18H,1-3H3,(H,33,34,35). The van der Waals surface area contributed by atoms with Crippen molar-refractivity contribution in [2.24, 2.45) is 0 Å². The van der Waals surface area contributed by atoms with Crippen molar-refractivity contribution in [3.8, 4) is 40.0 Å². The van der Waals surface area contributed by atoms with Gasteiger partial charge < -0.3 is 14.8 Å². The maximum Gasteiger partial charge on any atom is 0.239 e. The van der Waals surface area contributed by atoms with Crippen molar-refractivity contribution in [3.05, 3.63) is 84.4 Å². The van der Waals surface area contributed by atoms with Gasteiger partial charge in [0.15, 0.2) is 5.13 Å². The van der Waals surface area contributed by atoms with Crippen LogP contribution in [-0.4, -0.2) is 35.3 Å². The van der Waals surface area contributed by atoms with E-state index in [-0.39, 0.29) is 5.91 Å². The Labute approximate surface area is 234 Å². The molecule has 2 heterocycles. The summed E-state index contributed by atoms with van der Waals surface area (Å²) >= 11 is 2.63. The minimum absolute atomic E-state index is 0.229. The Hall–Kier alpha value is -4.39. The molecule has 0 fully saturated rings. The van der Waals surface area contributed by atoms with E-state index in [0.717, 1.165) is 44.1 Å². The first-order chi connectivity index (χ1) is 19.0. The second kappa shape index (κ2) is 11.6. The zero-order valence-electron chi connectivity index (χ0n) is 21.5. The highest BCUT2D eigenvalue weighted by molar-refractivity contribution is 8.00. The minimum atomic E-state index is -0.541. The van der Waals surface area contributed by atoms with Crippen LogP contribution in [-0.2, 0) is 4.79 Å². The number of rotatable bonds is 8. The van der Waals surface area contributed by atoms with Crippen LogP contribution in [0.15, 0.2) is 83.9 Å². The number of thioether (sulfide) groups is 1. The maximum atomic E-state index is 13.2. The molecule has 7 nitrogen and oxygen atoms in total. The fourth-order valence-electron chi connectivity index (χ4n) is 3.98. The Kier molecular flexibility index (Phi) is 7.77. The Balaban J connectivity index is 1.47. The number of nitrogens with one attached hydrogen (secondary N) is 1. The molecule has 0 aliphatic carbocycles. The van der Waals surface area contributed by atoms with Gasteiger partial charge in [-0.15, -0.1) is 0 Å². The first kappa shape index (κ1) is 26.2. The highest BCUT2D eigenvalue weighted by Gasteiger charge is 2.22. The topological polar surface area (TPSA) is 97.1 Å². The minimum Gasteiger partial charge on any atom is -0.497 e. The van der Waals surface area contributed by atoms with Crippen molar-refractivity contribution in [2.45, 2.75) is 17.2 Å². The molecule has 5 aromatic rings. The van der Waals surface area contributed by atoms with Gasteiger partial charge in [-0.25, -0.2) is 9.97 Å². The van der Waals surface area contributed by atoms with E-state index >= 15 is 0 Å². The van der Waals surface area contributed by atoms with Crippen LogP contribution < -0.4 is 14.8 Å². The van der Waals surface area contributed by atoms with Gasteiger partial charge in [0.1, 0.15) is 22.6 Å². The largest absolute Gasteiger partial charge is 0.497 e. The van der Waals surface area contributed by atoms with E-state index in [4.69, 9.17) is 14.5 Å². The number of nitrogens with zero attached hydrogens (tertiary/aromatic N) is 3. The molecule has 1 N–H and O–H groups in total. The quantitative estimate of drug-likeness (QED) is 0.206. The third kappa shape index (κ3) is 5.72. The van der Waals surface area contributed by atoms with Gasteiger partial charge in [-0.3, -0.25) is 4.79 Å². The van der Waals surface area contributed by atoms with Crippen LogP contribution in [0.4, 0.5) is 5.13 Å². The molecule has 9 heteroatoms. The highest BCUT2D eigenvalue weighted by atomic mass is 32.2. The van der Waals surface area contributed by atoms with Gasteiger partial charge in [0.05, 0.1) is 40.9 Å². The van der Waals surface area contributed by atoms with E-state index < -0.39 is 5.25 Å². The van der Waals surface area contributed by atoms with Crippen LogP contribution >= 0.6 is 23.1 Å². The van der Waals surface area contributed by atoms with Crippen LogP contribution in [0.5, 0.6) is 11.5 Å². The molecule has 0 aliphatic rings. The summed E-state index contributed by atoms with van der Waals surface area (Å²) < 4.78 is 11.5. The predicted octanol–water partition coefficient (Wildman–Crippen LogP) is 7.03. The molecule has 0 spiro atoms. The van der Waals surface area contributed by atoms with Gasteiger partial charge in [0, 0.05) is 11.1 Å². The molecule has 0 bridgehead atoms. The lowest BCUT2D eigenvalue weighted by atomic mass is 9.99. The molecule has 5 rings (SSSR count). The number of thiazole rings is 1. The average Bonchev–Trinajstić information content (AvgIpc) is 3.38. The molecule has 1 atom stereocenters. The van der Waals surface area contributed by atoms with Crippen molar-refractivity contribution in [3.63, 3.8) is 0 Å². The summed E-state index contributed by atoms with van der Waals surface area (Å²) in [6, 6.07) is 27.1. The van der Waals surface area contributed by atoms with Gasteiger partial charge >= 0.3 is 0 Å². The number of amides is 1. The maximum absolute atomic E-state index is 13.2. The van der Waals surface area contributed by atoms with Crippen molar-refractivity contribution >= 4 is 44.4 Å². The zero-order chi connectivity index (χ0) is 27.4. The molecule has 0 saturated carbocycles. The smallest absolute Gasteiger partial charge is 0.239 e. The van der Waals surface area contributed by atoms with E-state index in [1.165, 1.54) is 23.1 Å². The second-order valence-electron chi connectivity index (χ2n) is 8.54. The van der Waals surface area contributed by atoms with E-state index in [1.807, 2.05) is 78.9 Å². The lowest BCUT2D eigenvalue weighted by Crippen LogP contribution is -2.22. The Bertz CT molecular complexity index is 1680. The summed E-state index contributed by atoms with van der Waals surface area (Å²) in [5.74, 6) is 1.23. The molecule has 0 saturated heterocycles. The summed E-state index contributed by atoms with van der Waals surface area (Å²) in [6.07, 6.45) is 0. The number of ether oxygens (including phenoxy) is 2. The predicted molar refractivity (Wildman–Crippen MR) is 156 cm³/mol. The number of methoxy groups -OCH3 is 2. The molecule has 2 aromatic heterocycles. The number of hydrogen-bond donors (Lipinski definition) is 1. The fourth-order valence-corrected chi connectivity index (χ4v) is 5.81. The number of aromatic nitrogens is 2. The summed E-state index contributed by atoms with van der Waals surface area (Å²) in [6.45, 7) is 1.79. The number of pyridine rings is 1. The van der Waals surface area contributed by atoms with Crippen LogP contribution in [0.2, 0.25) is 0 Å². The molecule has 39 heavy (non-hydrogen) atoms. The lowest BCUT2D eigenvalue weighted by molar-refractivity contribution is -0.115. The number of benzene rings is 3. The molecule has 0 aliphatic heterocycles. The van der Waals surface area contributed by atoms with E-state index in [1.54, 1.807) is 21.1 Å². The number of hydrogen-bond acceptors (Lipinski definition) is 8. The zero-order valence-corrected chi connectivity index (χ0v) is 23.1. The van der Waals surface area contributed by atoms with Crippen molar-refractivity contribution < 1.29 is 14.3 Å². The summed E-state index contributed by atoms with van der Waals surface area (Å²) in [5, 5.41) is 13.5. The first-order valence-electron chi connectivity index (χ1n) is 12.1. The van der Waals surface area contributed by atoms with Gasteiger partial charge in [-0.1, -0.05) is 65.6 Å². The molecule has 194 valence electrons. The van der Waals surface area contributed by atoms with Crippen molar-refractivity contribution in [1.29, 1.82) is 5.26 Å². The second-order valence-corrected chi connectivity index (χ2v) is 10.9. The van der Waals surface area contributed by atoms with E-state index in [0.29, 0.717) is 15.7 Å². The number of carbonyl (C=O) groups is 1. The SMILES string of the molecule is COc1ccc(-c2cc(-c3ccccc3)nc(SC(C)C(=O)Nc3nc4ccc(OC)cc4s3)c2C#N)cc1. The molecular formula is C30H24N4O3S2. The average molecular weight is 553 g/mol. The van der Waals surface area contributed by atoms with Crippen LogP contribution in [0.25, 0.3) is 32.6 Å². The molecule has 1 unspecified atom stereocenters. The van der Waals surface area contributed by atoms with Crippen LogP contribution in [0, 0.1) is 11.3 Å². The normalized spacial score (nSPS) is 11.5. The van der Waals surface area contributed by atoms with Crippen molar-refractivity contribution in [2.75, 3.05) is 19.5 Å². The Morgan fingerprint density at radius 1 is 0.949 bits per heavy atom. The van der Waals surface area contributed by atoms with Gasteiger partial charge in [-0.05, 0) is 48.9 Å². The lowest BCUT2D eigenvalue weighted by Gasteiger charge is -2.15. The van der Waals surface area contributed by atoms with Crippen LogP contribution in [0.3, 0.4) is 0 Å². The number of nitriles is 1. The number of fused-ring (bicyclic) bond motifs is 1. The Morgan fingerprint density at radius 3 is 2.36 bits per heavy atom. The third-order valence-corrected chi connectivity index (χ3v) is 8.07. The highest BCUT2D eigenvalue weighted by Crippen LogP contribution is 2.37. The first-order valence-corrected chi connectivity index (χ1v) is 13.8. The van der Waals surface area contributed by atoms with E-state index in [9.17, 15) is 10.1 Å². The monoisotopic (exact) mass is 552 g/mol. The number of anilines is 1. The Morgan fingerprint density at radius 2 is 1.67 bits per heavy atom. The van der Waals surface area contributed by atoms with Crippen LogP contribution in [0.1, 0.15) is 12.5 Å². The molecular weight excluding hydrogens is 528 g/mol. The summed E-state index contributed by atoms with van der Waals surface area (Å²) in [4.78, 5) is 22.5. The van der Waals surface area contributed by atoms with Gasteiger partial charge in [0.25, 0.3) is 0 Å². The summed E-state index contributed by atoms with van der Waals surface area (Å²) in [7, 11) is 3.22.